The lowest BCUT2D eigenvalue weighted by Crippen LogP contribution is -2.58. The van der Waals surface area contributed by atoms with Crippen LogP contribution in [0, 0.1) is 0 Å². The van der Waals surface area contributed by atoms with Crippen molar-refractivity contribution in [3.63, 3.8) is 0 Å². The van der Waals surface area contributed by atoms with Crippen molar-refractivity contribution in [3.05, 3.63) is 0 Å². The maximum atomic E-state index is 9.12. The third-order valence-corrected chi connectivity index (χ3v) is 1.87. The van der Waals surface area contributed by atoms with Crippen LogP contribution >= 0.6 is 0 Å². The molecule has 0 amide bonds. The van der Waals surface area contributed by atoms with Crippen LogP contribution in [0.1, 0.15) is 0 Å². The van der Waals surface area contributed by atoms with Gasteiger partial charge in [0.1, 0.15) is 24.4 Å². The highest BCUT2D eigenvalue weighted by Gasteiger charge is 2.42. The van der Waals surface area contributed by atoms with E-state index in [1.54, 1.807) is 0 Å². The molecular formula is C6H15BO9. The van der Waals surface area contributed by atoms with Crippen LogP contribution in [0.3, 0.4) is 0 Å². The van der Waals surface area contributed by atoms with E-state index >= 15 is 0 Å². The molecule has 1 aliphatic rings. The lowest BCUT2D eigenvalue weighted by Gasteiger charge is -2.37. The molecule has 1 fully saturated rings. The highest BCUT2D eigenvalue weighted by molar-refractivity contribution is 6.30. The summed E-state index contributed by atoms with van der Waals surface area (Å²) in [4.78, 5) is 0. The molecule has 1 heterocycles. The topological polar surface area (TPSA) is 171 Å². The molecule has 0 aromatic carbocycles. The number of aliphatic hydroxyl groups excluding tert-OH is 5. The Balaban J connectivity index is 0.000000487. The zero-order valence-electron chi connectivity index (χ0n) is 8.16. The van der Waals surface area contributed by atoms with Gasteiger partial charge in [0.25, 0.3) is 0 Å². The highest BCUT2D eigenvalue weighted by Crippen LogP contribution is 2.18. The van der Waals surface area contributed by atoms with Gasteiger partial charge in [-0.15, -0.1) is 0 Å². The first-order chi connectivity index (χ1) is 7.31. The summed E-state index contributed by atoms with van der Waals surface area (Å²) in [5.74, 6) is 0. The Hall–Kier alpha value is -0.295. The van der Waals surface area contributed by atoms with E-state index in [1.165, 1.54) is 0 Å². The number of hydrogen-bond acceptors (Lipinski definition) is 9. The van der Waals surface area contributed by atoms with Crippen LogP contribution in [-0.2, 0) is 4.74 Å². The maximum absolute atomic E-state index is 9.12. The van der Waals surface area contributed by atoms with E-state index < -0.39 is 44.6 Å². The Morgan fingerprint density at radius 3 is 1.69 bits per heavy atom. The van der Waals surface area contributed by atoms with Crippen LogP contribution in [0.2, 0.25) is 0 Å². The van der Waals surface area contributed by atoms with E-state index in [4.69, 9.17) is 40.6 Å². The molecule has 0 bridgehead atoms. The van der Waals surface area contributed by atoms with Gasteiger partial charge in [0.05, 0.1) is 6.61 Å². The van der Waals surface area contributed by atoms with E-state index in [9.17, 15) is 0 Å². The quantitative estimate of drug-likeness (QED) is 0.209. The first-order valence-corrected chi connectivity index (χ1v) is 4.34. The van der Waals surface area contributed by atoms with Crippen molar-refractivity contribution in [2.75, 3.05) is 6.61 Å². The number of hydrogen-bond donors (Lipinski definition) is 8. The summed E-state index contributed by atoms with van der Waals surface area (Å²) in [6.07, 6.45) is -7.04. The molecule has 0 radical (unpaired) electrons. The predicted octanol–water partition coefficient (Wildman–Crippen LogP) is -5.27. The van der Waals surface area contributed by atoms with Crippen LogP contribution in [-0.4, -0.2) is 85.2 Å². The van der Waals surface area contributed by atoms with Gasteiger partial charge in [0.2, 0.25) is 0 Å². The minimum atomic E-state index is -2.17. The minimum absolute atomic E-state index is 0.526. The zero-order valence-corrected chi connectivity index (χ0v) is 8.16. The first-order valence-electron chi connectivity index (χ1n) is 4.34. The fraction of sp³-hybridized carbons (Fsp3) is 1.00. The third-order valence-electron chi connectivity index (χ3n) is 1.87. The standard InChI is InChI=1S/C6H12O6.BH3O3/c7-1-2-3(8)4(9)5(10)6(11)12-2;2-1(3)4/h2-11H,1H2;2-4H/t2-,3-,4+,5-,6?;/m1./s1. The van der Waals surface area contributed by atoms with E-state index in [0.29, 0.717) is 0 Å². The van der Waals surface area contributed by atoms with Crippen LogP contribution in [0.4, 0.5) is 0 Å². The summed E-state index contributed by atoms with van der Waals surface area (Å²) in [6.45, 7) is -0.526. The van der Waals surface area contributed by atoms with Gasteiger partial charge in [0, 0.05) is 0 Å². The van der Waals surface area contributed by atoms with Crippen molar-refractivity contribution < 1.29 is 45.3 Å². The van der Waals surface area contributed by atoms with Gasteiger partial charge in [-0.3, -0.25) is 0 Å². The highest BCUT2D eigenvalue weighted by atomic mass is 16.6. The SMILES string of the molecule is OB(O)O.OC[C@H]1OC(O)[C@H](O)[C@@H](O)[C@@H]1O. The molecule has 16 heavy (non-hydrogen) atoms. The summed E-state index contributed by atoms with van der Waals surface area (Å²) in [5, 5.41) is 66.2. The molecule has 0 aromatic rings. The average Bonchev–Trinajstić information content (AvgIpc) is 2.19. The monoisotopic (exact) mass is 242 g/mol. The van der Waals surface area contributed by atoms with Crippen molar-refractivity contribution in [2.24, 2.45) is 0 Å². The van der Waals surface area contributed by atoms with Crippen LogP contribution in [0.5, 0.6) is 0 Å². The molecule has 0 saturated carbocycles. The van der Waals surface area contributed by atoms with E-state index in [2.05, 4.69) is 4.74 Å². The molecule has 5 atom stereocenters. The fourth-order valence-electron chi connectivity index (χ4n) is 1.08. The molecule has 1 unspecified atom stereocenters. The van der Waals surface area contributed by atoms with Crippen molar-refractivity contribution in [3.8, 4) is 0 Å². The van der Waals surface area contributed by atoms with E-state index in [0.717, 1.165) is 0 Å². The third kappa shape index (κ3) is 4.70. The van der Waals surface area contributed by atoms with Gasteiger partial charge in [-0.25, -0.2) is 0 Å². The Morgan fingerprint density at radius 1 is 0.875 bits per heavy atom. The molecule has 96 valence electrons. The first kappa shape index (κ1) is 15.7. The molecule has 0 aromatic heterocycles. The van der Waals surface area contributed by atoms with Gasteiger partial charge in [-0.1, -0.05) is 0 Å². The van der Waals surface area contributed by atoms with Crippen molar-refractivity contribution >= 4 is 7.32 Å². The predicted molar refractivity (Wildman–Crippen MR) is 48.4 cm³/mol. The Kier molecular flexibility index (Phi) is 6.98. The Morgan fingerprint density at radius 2 is 1.31 bits per heavy atom. The number of rotatable bonds is 1. The fourth-order valence-corrected chi connectivity index (χ4v) is 1.08. The lowest BCUT2D eigenvalue weighted by atomic mass is 10.00. The van der Waals surface area contributed by atoms with Crippen LogP contribution < -0.4 is 0 Å². The smallest absolute Gasteiger partial charge is 0.402 e. The molecule has 9 nitrogen and oxygen atoms in total. The second-order valence-corrected chi connectivity index (χ2v) is 3.07. The van der Waals surface area contributed by atoms with Crippen molar-refractivity contribution in [1.29, 1.82) is 0 Å². The molecular weight excluding hydrogens is 227 g/mol. The molecule has 8 N–H and O–H groups in total. The van der Waals surface area contributed by atoms with E-state index in [-0.39, 0.29) is 0 Å². The molecule has 1 saturated heterocycles. The van der Waals surface area contributed by atoms with Gasteiger partial charge in [-0.05, 0) is 0 Å². The lowest BCUT2D eigenvalue weighted by molar-refractivity contribution is -0.286. The normalized spacial score (nSPS) is 38.6. The Labute approximate surface area is 91.0 Å². The second-order valence-electron chi connectivity index (χ2n) is 3.07. The average molecular weight is 242 g/mol. The number of aliphatic hydroxyl groups is 5. The molecule has 1 rings (SSSR count). The summed E-state index contributed by atoms with van der Waals surface area (Å²) in [5.41, 5.74) is 0. The molecule has 1 aliphatic heterocycles. The summed E-state index contributed by atoms with van der Waals surface area (Å²) in [6, 6.07) is 0. The van der Waals surface area contributed by atoms with Gasteiger partial charge < -0.3 is 45.3 Å². The Bertz CT molecular complexity index is 183. The largest absolute Gasteiger partial charge is 0.631 e. The van der Waals surface area contributed by atoms with Gasteiger partial charge in [-0.2, -0.15) is 0 Å². The van der Waals surface area contributed by atoms with Crippen molar-refractivity contribution in [1.82, 2.24) is 0 Å². The summed E-state index contributed by atoms with van der Waals surface area (Å²) >= 11 is 0. The van der Waals surface area contributed by atoms with Crippen LogP contribution in [0.15, 0.2) is 0 Å². The number of ether oxygens (including phenoxy) is 1. The van der Waals surface area contributed by atoms with Crippen molar-refractivity contribution in [2.45, 2.75) is 30.7 Å². The van der Waals surface area contributed by atoms with Gasteiger partial charge in [0.15, 0.2) is 6.29 Å². The summed E-state index contributed by atoms with van der Waals surface area (Å²) in [7, 11) is -2.17. The maximum Gasteiger partial charge on any atom is 0.631 e. The molecule has 10 heteroatoms. The van der Waals surface area contributed by atoms with E-state index in [1.807, 2.05) is 0 Å². The minimum Gasteiger partial charge on any atom is -0.402 e. The molecule has 0 aliphatic carbocycles. The second kappa shape index (κ2) is 7.11. The summed E-state index contributed by atoms with van der Waals surface area (Å²) < 4.78 is 4.58. The van der Waals surface area contributed by atoms with Crippen LogP contribution in [0.25, 0.3) is 0 Å². The van der Waals surface area contributed by atoms with Gasteiger partial charge >= 0.3 is 7.32 Å². The zero-order chi connectivity index (χ0) is 12.9. The molecule has 0 spiro atoms.